The van der Waals surface area contributed by atoms with Crippen molar-refractivity contribution >= 4 is 11.6 Å². The number of nitrogens with two attached hydrogens (primary N) is 1. The Morgan fingerprint density at radius 2 is 2.37 bits per heavy atom. The number of carbonyl (C=O) groups is 1. The van der Waals surface area contributed by atoms with Gasteiger partial charge in [0.2, 0.25) is 5.91 Å². The third kappa shape index (κ3) is 3.66. The van der Waals surface area contributed by atoms with Gasteiger partial charge >= 0.3 is 0 Å². The maximum atomic E-state index is 11.3. The van der Waals surface area contributed by atoms with E-state index in [4.69, 9.17) is 10.5 Å². The van der Waals surface area contributed by atoms with E-state index in [1.54, 1.807) is 6.07 Å². The van der Waals surface area contributed by atoms with Crippen LogP contribution in [0, 0.1) is 0 Å². The molecule has 6 nitrogen and oxygen atoms in total. The molecular weight excluding hydrogens is 246 g/mol. The minimum atomic E-state index is -0.604. The lowest BCUT2D eigenvalue weighted by Crippen LogP contribution is -2.34. The molecular formula is C13H19N3O3. The number of rotatable bonds is 7. The van der Waals surface area contributed by atoms with E-state index < -0.39 is 6.10 Å². The van der Waals surface area contributed by atoms with Crippen molar-refractivity contribution in [1.82, 2.24) is 5.32 Å². The second-order valence-electron chi connectivity index (χ2n) is 4.46. The van der Waals surface area contributed by atoms with Crippen LogP contribution >= 0.6 is 0 Å². The topological polar surface area (TPSA) is 96.6 Å². The molecule has 1 aromatic rings. The second-order valence-corrected chi connectivity index (χ2v) is 4.46. The zero-order chi connectivity index (χ0) is 13.7. The van der Waals surface area contributed by atoms with E-state index in [1.807, 2.05) is 12.1 Å². The summed E-state index contributed by atoms with van der Waals surface area (Å²) in [5, 5.41) is 15.5. The highest BCUT2D eigenvalue weighted by Crippen LogP contribution is 2.31. The summed E-state index contributed by atoms with van der Waals surface area (Å²) in [4.78, 5) is 11.3. The molecule has 19 heavy (non-hydrogen) atoms. The molecule has 1 heterocycles. The number of anilines is 1. The third-order valence-electron chi connectivity index (χ3n) is 2.88. The Balaban J connectivity index is 1.87. The average molecular weight is 265 g/mol. The number of aliphatic hydroxyl groups excluding tert-OH is 1. The highest BCUT2D eigenvalue weighted by Gasteiger charge is 2.21. The van der Waals surface area contributed by atoms with Gasteiger partial charge in [-0.25, -0.2) is 0 Å². The largest absolute Gasteiger partial charge is 0.490 e. The van der Waals surface area contributed by atoms with Gasteiger partial charge in [0.05, 0.1) is 6.42 Å². The Hall–Kier alpha value is -1.63. The number of aliphatic hydroxyl groups is 1. The molecule has 1 aromatic carbocycles. The number of benzene rings is 1. The smallest absolute Gasteiger partial charge is 0.229 e. The first kappa shape index (κ1) is 13.8. The molecule has 0 radical (unpaired) electrons. The highest BCUT2D eigenvalue weighted by molar-refractivity contribution is 6.00. The van der Waals surface area contributed by atoms with Crippen molar-refractivity contribution in [2.24, 2.45) is 5.73 Å². The molecule has 1 aliphatic rings. The SMILES string of the molecule is NCCNCC(O)COc1cccc2c1CC(=O)N2. The van der Waals surface area contributed by atoms with Crippen LogP contribution in [0.3, 0.4) is 0 Å². The van der Waals surface area contributed by atoms with Crippen LogP contribution in [0.4, 0.5) is 5.69 Å². The van der Waals surface area contributed by atoms with Crippen LogP contribution in [0.2, 0.25) is 0 Å². The quantitative estimate of drug-likeness (QED) is 0.497. The summed E-state index contributed by atoms with van der Waals surface area (Å²) in [5.74, 6) is 0.616. The zero-order valence-corrected chi connectivity index (χ0v) is 10.7. The van der Waals surface area contributed by atoms with E-state index in [1.165, 1.54) is 0 Å². The van der Waals surface area contributed by atoms with E-state index >= 15 is 0 Å². The Morgan fingerprint density at radius 3 is 3.16 bits per heavy atom. The summed E-state index contributed by atoms with van der Waals surface area (Å²) in [6.45, 7) is 1.81. The van der Waals surface area contributed by atoms with Gasteiger partial charge in [-0.15, -0.1) is 0 Å². The monoisotopic (exact) mass is 265 g/mol. The lowest BCUT2D eigenvalue weighted by Gasteiger charge is -2.14. The van der Waals surface area contributed by atoms with Crippen molar-refractivity contribution < 1.29 is 14.6 Å². The molecule has 1 amide bonds. The van der Waals surface area contributed by atoms with Crippen molar-refractivity contribution in [3.05, 3.63) is 23.8 Å². The van der Waals surface area contributed by atoms with E-state index in [0.29, 0.717) is 31.8 Å². The van der Waals surface area contributed by atoms with Gasteiger partial charge in [0, 0.05) is 30.9 Å². The first-order valence-electron chi connectivity index (χ1n) is 6.34. The van der Waals surface area contributed by atoms with Crippen molar-refractivity contribution in [3.63, 3.8) is 0 Å². The molecule has 1 unspecified atom stereocenters. The summed E-state index contributed by atoms with van der Waals surface area (Å²) < 4.78 is 5.58. The van der Waals surface area contributed by atoms with E-state index in [0.717, 1.165) is 11.3 Å². The van der Waals surface area contributed by atoms with E-state index in [9.17, 15) is 9.90 Å². The maximum Gasteiger partial charge on any atom is 0.229 e. The molecule has 0 aliphatic carbocycles. The van der Waals surface area contributed by atoms with Gasteiger partial charge in [-0.05, 0) is 12.1 Å². The summed E-state index contributed by atoms with van der Waals surface area (Å²) in [7, 11) is 0. The highest BCUT2D eigenvalue weighted by atomic mass is 16.5. The third-order valence-corrected chi connectivity index (χ3v) is 2.88. The van der Waals surface area contributed by atoms with Crippen LogP contribution < -0.4 is 21.1 Å². The summed E-state index contributed by atoms with van der Waals surface area (Å²) in [5.41, 5.74) is 6.99. The molecule has 6 heteroatoms. The molecule has 1 aliphatic heterocycles. The standard InChI is InChI=1S/C13H19N3O3/c14-4-5-15-7-9(17)8-19-12-3-1-2-11-10(12)6-13(18)16-11/h1-3,9,15,17H,4-8,14H2,(H,16,18). The molecule has 0 bridgehead atoms. The van der Waals surface area contributed by atoms with Crippen LogP contribution in [0.1, 0.15) is 5.56 Å². The number of hydrogen-bond donors (Lipinski definition) is 4. The molecule has 0 spiro atoms. The normalized spacial score (nSPS) is 14.9. The van der Waals surface area contributed by atoms with Gasteiger partial charge in [-0.2, -0.15) is 0 Å². The predicted molar refractivity (Wildman–Crippen MR) is 72.2 cm³/mol. The maximum absolute atomic E-state index is 11.3. The zero-order valence-electron chi connectivity index (χ0n) is 10.7. The molecule has 0 saturated carbocycles. The van der Waals surface area contributed by atoms with Crippen molar-refractivity contribution in [2.45, 2.75) is 12.5 Å². The van der Waals surface area contributed by atoms with Crippen LogP contribution in [-0.4, -0.2) is 43.4 Å². The number of nitrogens with one attached hydrogen (secondary N) is 2. The Kier molecular flexibility index (Phi) is 4.73. The minimum absolute atomic E-state index is 0.0313. The van der Waals surface area contributed by atoms with Gasteiger partial charge in [0.15, 0.2) is 0 Å². The lowest BCUT2D eigenvalue weighted by atomic mass is 10.1. The summed E-state index contributed by atoms with van der Waals surface area (Å²) in [6.07, 6.45) is -0.278. The lowest BCUT2D eigenvalue weighted by molar-refractivity contribution is -0.115. The first-order chi connectivity index (χ1) is 9.20. The first-order valence-corrected chi connectivity index (χ1v) is 6.34. The fourth-order valence-corrected chi connectivity index (χ4v) is 1.97. The van der Waals surface area contributed by atoms with Gasteiger partial charge in [0.25, 0.3) is 0 Å². The molecule has 0 aromatic heterocycles. The van der Waals surface area contributed by atoms with Crippen LogP contribution in [0.5, 0.6) is 5.75 Å². The van der Waals surface area contributed by atoms with Gasteiger partial charge in [0.1, 0.15) is 18.5 Å². The summed E-state index contributed by atoms with van der Waals surface area (Å²) >= 11 is 0. The van der Waals surface area contributed by atoms with Gasteiger partial charge < -0.3 is 26.2 Å². The summed E-state index contributed by atoms with van der Waals surface area (Å²) in [6, 6.07) is 5.46. The fourth-order valence-electron chi connectivity index (χ4n) is 1.97. The molecule has 0 saturated heterocycles. The molecule has 2 rings (SSSR count). The Morgan fingerprint density at radius 1 is 1.53 bits per heavy atom. The van der Waals surface area contributed by atoms with Crippen LogP contribution in [-0.2, 0) is 11.2 Å². The fraction of sp³-hybridized carbons (Fsp3) is 0.462. The number of carbonyl (C=O) groups excluding carboxylic acids is 1. The van der Waals surface area contributed by atoms with E-state index in [2.05, 4.69) is 10.6 Å². The Labute approximate surface area is 111 Å². The second kappa shape index (κ2) is 6.51. The molecule has 5 N–H and O–H groups in total. The molecule has 1 atom stereocenters. The average Bonchev–Trinajstić information content (AvgIpc) is 2.77. The van der Waals surface area contributed by atoms with Crippen LogP contribution in [0.25, 0.3) is 0 Å². The van der Waals surface area contributed by atoms with Gasteiger partial charge in [-0.1, -0.05) is 6.07 Å². The number of amides is 1. The van der Waals surface area contributed by atoms with Crippen LogP contribution in [0.15, 0.2) is 18.2 Å². The number of ether oxygens (including phenoxy) is 1. The van der Waals surface area contributed by atoms with Crippen molar-refractivity contribution in [3.8, 4) is 5.75 Å². The van der Waals surface area contributed by atoms with E-state index in [-0.39, 0.29) is 12.5 Å². The Bertz CT molecular complexity index is 451. The number of fused-ring (bicyclic) bond motifs is 1. The van der Waals surface area contributed by atoms with Gasteiger partial charge in [-0.3, -0.25) is 4.79 Å². The molecule has 104 valence electrons. The van der Waals surface area contributed by atoms with Crippen molar-refractivity contribution in [1.29, 1.82) is 0 Å². The van der Waals surface area contributed by atoms with Crippen molar-refractivity contribution in [2.75, 3.05) is 31.6 Å². The predicted octanol–water partition coefficient (Wildman–Crippen LogP) is -0.531. The number of hydrogen-bond acceptors (Lipinski definition) is 5. The minimum Gasteiger partial charge on any atom is -0.490 e. The molecule has 0 fully saturated rings.